The molecule has 1 saturated heterocycles. The van der Waals surface area contributed by atoms with Crippen molar-refractivity contribution in [1.29, 1.82) is 0 Å². The maximum absolute atomic E-state index is 12.5. The van der Waals surface area contributed by atoms with Gasteiger partial charge < -0.3 is 9.64 Å². The second-order valence-corrected chi connectivity index (χ2v) is 8.42. The lowest BCUT2D eigenvalue weighted by Gasteiger charge is -2.33. The topological polar surface area (TPSA) is 88.6 Å². The third-order valence-electron chi connectivity index (χ3n) is 4.48. The number of nitrogens with one attached hydrogen (secondary N) is 1. The van der Waals surface area contributed by atoms with E-state index in [1.54, 1.807) is 0 Å². The maximum Gasteiger partial charge on any atom is 0.434 e. The van der Waals surface area contributed by atoms with E-state index in [2.05, 4.69) is 14.4 Å². The summed E-state index contributed by atoms with van der Waals surface area (Å²) < 4.78 is 105. The van der Waals surface area contributed by atoms with Crippen LogP contribution in [0.4, 0.5) is 31.1 Å². The number of alkyl halides is 6. The second kappa shape index (κ2) is 9.37. The molecule has 0 aliphatic carbocycles. The first kappa shape index (κ1) is 24.2. The molecule has 14 heteroatoms. The van der Waals surface area contributed by atoms with Crippen molar-refractivity contribution in [3.63, 3.8) is 0 Å². The largest absolute Gasteiger partial charge is 0.434 e. The highest BCUT2D eigenvalue weighted by Crippen LogP contribution is 2.36. The van der Waals surface area contributed by atoms with Crippen molar-refractivity contribution < 1.29 is 44.3 Å². The molecule has 2 heterocycles. The first-order valence-corrected chi connectivity index (χ1v) is 10.3. The Morgan fingerprint density at radius 2 is 1.80 bits per heavy atom. The van der Waals surface area contributed by atoms with Gasteiger partial charge in [-0.15, -0.1) is 0 Å². The minimum absolute atomic E-state index is 0.00792. The number of nitrogens with zero attached hydrogens (tertiary/aromatic N) is 2. The molecule has 1 aromatic rings. The number of pyridine rings is 1. The molecular formula is C16H19F6N3O4S. The Labute approximate surface area is 168 Å². The molecule has 1 N–H and O–H groups in total. The Hall–Kier alpha value is -2.09. The zero-order valence-electron chi connectivity index (χ0n) is 15.4. The molecule has 0 aromatic carbocycles. The molecule has 0 saturated carbocycles. The number of halogens is 6. The minimum Gasteiger partial charge on any atom is -0.426 e. The number of hydrogen-bond donors (Lipinski definition) is 1. The molecule has 1 aliphatic heterocycles. The van der Waals surface area contributed by atoms with Gasteiger partial charge in [0.1, 0.15) is 4.90 Å². The van der Waals surface area contributed by atoms with Crippen LogP contribution in [0.15, 0.2) is 29.4 Å². The zero-order chi connectivity index (χ0) is 22.6. The number of carbonyl (C=O) groups excluding carboxylic acids is 1. The Morgan fingerprint density at radius 1 is 1.20 bits per heavy atom. The van der Waals surface area contributed by atoms with Crippen LogP contribution in [0, 0.1) is 5.92 Å². The van der Waals surface area contributed by atoms with E-state index >= 15 is 0 Å². The number of likely N-dealkylation sites (tertiary alicyclic amines) is 1. The van der Waals surface area contributed by atoms with Gasteiger partial charge in [0.25, 0.3) is 6.10 Å². The van der Waals surface area contributed by atoms with E-state index < -0.39 is 34.6 Å². The highest BCUT2D eigenvalue weighted by molar-refractivity contribution is 7.89. The van der Waals surface area contributed by atoms with Crippen LogP contribution < -0.4 is 4.72 Å². The summed E-state index contributed by atoms with van der Waals surface area (Å²) in [6.45, 7) is -0.112. The van der Waals surface area contributed by atoms with E-state index in [-0.39, 0.29) is 43.3 Å². The molecule has 1 fully saturated rings. The van der Waals surface area contributed by atoms with Crippen LogP contribution >= 0.6 is 0 Å². The van der Waals surface area contributed by atoms with E-state index in [0.717, 1.165) is 4.90 Å². The van der Waals surface area contributed by atoms with Gasteiger partial charge in [-0.2, -0.15) is 26.3 Å². The van der Waals surface area contributed by atoms with Crippen molar-refractivity contribution in [2.24, 2.45) is 5.92 Å². The second-order valence-electron chi connectivity index (χ2n) is 6.65. The van der Waals surface area contributed by atoms with Gasteiger partial charge in [-0.3, -0.25) is 4.98 Å². The standard InChI is InChI=1S/C16H19F6N3O4S/c17-15(18,19)13(16(20,21)22)29-14(26)25-8-4-11(5-9-25)3-7-24-30(27,28)12-2-1-6-23-10-12/h1-2,6,10-11,13,24H,3-5,7-9H2. The SMILES string of the molecule is O=C(OC(C(F)(F)F)C(F)(F)F)N1CCC(CCNS(=O)(=O)c2cccnc2)CC1. The van der Waals surface area contributed by atoms with E-state index in [9.17, 15) is 39.6 Å². The molecular weight excluding hydrogens is 444 g/mol. The van der Waals surface area contributed by atoms with E-state index in [1.165, 1.54) is 24.5 Å². The summed E-state index contributed by atoms with van der Waals surface area (Å²) in [6.07, 6.45) is -13.8. The van der Waals surface area contributed by atoms with Crippen LogP contribution in [0.1, 0.15) is 19.3 Å². The summed E-state index contributed by atoms with van der Waals surface area (Å²) in [6, 6.07) is 2.83. The summed E-state index contributed by atoms with van der Waals surface area (Å²) in [5, 5.41) is 0. The molecule has 0 radical (unpaired) electrons. The van der Waals surface area contributed by atoms with Gasteiger partial charge in [0.15, 0.2) is 0 Å². The highest BCUT2D eigenvalue weighted by atomic mass is 32.2. The fourth-order valence-corrected chi connectivity index (χ4v) is 3.90. The molecule has 7 nitrogen and oxygen atoms in total. The third-order valence-corrected chi connectivity index (χ3v) is 5.92. The number of rotatable bonds is 6. The van der Waals surface area contributed by atoms with Crippen LogP contribution in [0.3, 0.4) is 0 Å². The van der Waals surface area contributed by atoms with Gasteiger partial charge in [0.05, 0.1) is 0 Å². The lowest BCUT2D eigenvalue weighted by molar-refractivity contribution is -0.308. The molecule has 30 heavy (non-hydrogen) atoms. The predicted octanol–water partition coefficient (Wildman–Crippen LogP) is 3.09. The monoisotopic (exact) mass is 463 g/mol. The van der Waals surface area contributed by atoms with Gasteiger partial charge in [-0.05, 0) is 37.3 Å². The quantitative estimate of drug-likeness (QED) is 0.655. The fraction of sp³-hybridized carbons (Fsp3) is 0.625. The Morgan fingerprint density at radius 3 is 2.30 bits per heavy atom. The molecule has 0 unspecified atom stereocenters. The number of aromatic nitrogens is 1. The van der Waals surface area contributed by atoms with Crippen molar-refractivity contribution in [2.75, 3.05) is 19.6 Å². The molecule has 0 spiro atoms. The van der Waals surface area contributed by atoms with Crippen molar-refractivity contribution in [1.82, 2.24) is 14.6 Å². The first-order valence-electron chi connectivity index (χ1n) is 8.79. The van der Waals surface area contributed by atoms with Crippen LogP contribution in [-0.2, 0) is 14.8 Å². The van der Waals surface area contributed by atoms with Gasteiger partial charge in [0.2, 0.25) is 10.0 Å². The zero-order valence-corrected chi connectivity index (χ0v) is 16.2. The van der Waals surface area contributed by atoms with Crippen molar-refractivity contribution >= 4 is 16.1 Å². The number of carbonyl (C=O) groups is 1. The molecule has 0 atom stereocenters. The van der Waals surface area contributed by atoms with Gasteiger partial charge in [-0.1, -0.05) is 0 Å². The Kier molecular flexibility index (Phi) is 7.55. The molecule has 0 bridgehead atoms. The normalized spacial score (nSPS) is 16.7. The lowest BCUT2D eigenvalue weighted by atomic mass is 9.94. The molecule has 170 valence electrons. The van der Waals surface area contributed by atoms with E-state index in [4.69, 9.17) is 0 Å². The molecule has 1 amide bonds. The minimum atomic E-state index is -5.77. The van der Waals surface area contributed by atoms with Gasteiger partial charge >= 0.3 is 18.4 Å². The average molecular weight is 463 g/mol. The maximum atomic E-state index is 12.5. The molecule has 2 rings (SSSR count). The summed E-state index contributed by atoms with van der Waals surface area (Å²) in [7, 11) is -3.74. The van der Waals surface area contributed by atoms with Gasteiger partial charge in [-0.25, -0.2) is 17.9 Å². The van der Waals surface area contributed by atoms with Crippen LogP contribution in [0.2, 0.25) is 0 Å². The van der Waals surface area contributed by atoms with Gasteiger partial charge in [0, 0.05) is 32.0 Å². The highest BCUT2D eigenvalue weighted by Gasteiger charge is 2.60. The Balaban J connectivity index is 1.80. The van der Waals surface area contributed by atoms with Crippen molar-refractivity contribution in [2.45, 2.75) is 42.6 Å². The number of sulfonamides is 1. The van der Waals surface area contributed by atoms with Crippen LogP contribution in [-0.4, -0.2) is 62.5 Å². The predicted molar refractivity (Wildman–Crippen MR) is 90.7 cm³/mol. The lowest BCUT2D eigenvalue weighted by Crippen LogP contribution is -2.49. The average Bonchev–Trinajstić information content (AvgIpc) is 2.65. The Bertz CT molecular complexity index is 795. The van der Waals surface area contributed by atoms with E-state index in [1.807, 2.05) is 0 Å². The fourth-order valence-electron chi connectivity index (χ4n) is 2.89. The van der Waals surface area contributed by atoms with E-state index in [0.29, 0.717) is 6.42 Å². The molecule has 1 aromatic heterocycles. The third kappa shape index (κ3) is 6.72. The van der Waals surface area contributed by atoms with Crippen molar-refractivity contribution in [3.8, 4) is 0 Å². The van der Waals surface area contributed by atoms with Crippen LogP contribution in [0.25, 0.3) is 0 Å². The smallest absolute Gasteiger partial charge is 0.426 e. The summed E-state index contributed by atoms with van der Waals surface area (Å²) >= 11 is 0. The summed E-state index contributed by atoms with van der Waals surface area (Å²) in [5.74, 6) is -0.0633. The molecule has 1 aliphatic rings. The summed E-state index contributed by atoms with van der Waals surface area (Å²) in [4.78, 5) is 16.2. The summed E-state index contributed by atoms with van der Waals surface area (Å²) in [5.41, 5.74) is 0. The first-order chi connectivity index (χ1) is 13.8. The number of hydrogen-bond acceptors (Lipinski definition) is 5. The van der Waals surface area contributed by atoms with Crippen molar-refractivity contribution in [3.05, 3.63) is 24.5 Å². The number of amides is 1. The van der Waals surface area contributed by atoms with Crippen LogP contribution in [0.5, 0.6) is 0 Å². The number of piperidine rings is 1. The number of ether oxygens (including phenoxy) is 1.